The predicted octanol–water partition coefficient (Wildman–Crippen LogP) is 6.44. The van der Waals surface area contributed by atoms with E-state index < -0.39 is 53.6 Å². The highest BCUT2D eigenvalue weighted by molar-refractivity contribution is 5.40. The molecule has 0 aliphatic heterocycles. The van der Waals surface area contributed by atoms with E-state index in [-0.39, 0.29) is 0 Å². The van der Waals surface area contributed by atoms with Crippen LogP contribution in [0.1, 0.15) is 0 Å². The number of hydrogen-bond acceptors (Lipinski definition) is 0. The molecule has 0 amide bonds. The monoisotopic (exact) mass is 450 g/mol. The van der Waals surface area contributed by atoms with Gasteiger partial charge in [0.1, 0.15) is 5.57 Å². The summed E-state index contributed by atoms with van der Waals surface area (Å²) >= 11 is 0. The summed E-state index contributed by atoms with van der Waals surface area (Å²) in [4.78, 5) is 0. The molecule has 0 saturated heterocycles. The molecule has 0 aromatic rings. The summed E-state index contributed by atoms with van der Waals surface area (Å²) in [5.74, 6) is -8.19. The number of alkyl halides is 18. The summed E-state index contributed by atoms with van der Waals surface area (Å²) in [6, 6.07) is 0. The molecule has 0 bridgehead atoms. The van der Waals surface area contributed by atoms with Gasteiger partial charge in [0.2, 0.25) is 0 Å². The minimum Gasteiger partial charge on any atom is -0.218 e. The summed E-state index contributed by atoms with van der Waals surface area (Å²) in [6.45, 7) is 0. The molecule has 0 radical (unpaired) electrons. The second-order valence-corrected chi connectivity index (χ2v) is 4.47. The zero-order valence-electron chi connectivity index (χ0n) is 11.3. The van der Waals surface area contributed by atoms with Gasteiger partial charge in [-0.25, -0.2) is 4.39 Å². The normalized spacial score (nSPS) is 15.8. The fraction of sp³-hybridized carbons (Fsp3) is 0.778. The lowest BCUT2D eigenvalue weighted by Crippen LogP contribution is -2.62. The van der Waals surface area contributed by atoms with Gasteiger partial charge in [0.15, 0.2) is 0 Å². The zero-order chi connectivity index (χ0) is 22.7. The number of halogens is 18. The fourth-order valence-electron chi connectivity index (χ4n) is 1.58. The standard InChI is InChI=1S/C9F18/c10-3(7(19,20)21,8(22,23)24)1(4(11,12)9(25,26)27)2(5(13,14)15)6(16,17)18. The van der Waals surface area contributed by atoms with Gasteiger partial charge in [0.25, 0.3) is 0 Å². The summed E-state index contributed by atoms with van der Waals surface area (Å²) in [5.41, 5.74) is -19.9. The Bertz CT molecular complexity index is 540. The average Bonchev–Trinajstić information content (AvgIpc) is 2.26. The van der Waals surface area contributed by atoms with Crippen molar-refractivity contribution < 1.29 is 79.0 Å². The van der Waals surface area contributed by atoms with Gasteiger partial charge < -0.3 is 0 Å². The van der Waals surface area contributed by atoms with Gasteiger partial charge in [0.05, 0.1) is 5.57 Å². The molecule has 0 spiro atoms. The van der Waals surface area contributed by atoms with Crippen LogP contribution in [0, 0.1) is 0 Å². The van der Waals surface area contributed by atoms with Crippen LogP contribution in [-0.4, -0.2) is 42.5 Å². The van der Waals surface area contributed by atoms with Gasteiger partial charge >= 0.3 is 42.5 Å². The largest absolute Gasteiger partial charge is 0.457 e. The number of hydrogen-bond donors (Lipinski definition) is 0. The van der Waals surface area contributed by atoms with Crippen molar-refractivity contribution >= 4 is 0 Å². The first kappa shape index (κ1) is 25.5. The molecule has 27 heavy (non-hydrogen) atoms. The van der Waals surface area contributed by atoms with Crippen molar-refractivity contribution in [2.75, 3.05) is 0 Å². The smallest absolute Gasteiger partial charge is 0.218 e. The summed E-state index contributed by atoms with van der Waals surface area (Å²) in [5, 5.41) is 0. The Kier molecular flexibility index (Phi) is 5.90. The van der Waals surface area contributed by atoms with Crippen molar-refractivity contribution in [3.8, 4) is 0 Å². The SMILES string of the molecule is FC(F)(F)C(=C(C(F)(F)C(F)(F)F)C(F)(C(F)(F)F)C(F)(F)F)C(F)(F)F. The second kappa shape index (κ2) is 6.25. The zero-order valence-corrected chi connectivity index (χ0v) is 11.3. The van der Waals surface area contributed by atoms with Crippen LogP contribution >= 0.6 is 0 Å². The maximum absolute atomic E-state index is 13.5. The molecule has 0 nitrogen and oxygen atoms in total. The van der Waals surface area contributed by atoms with Gasteiger partial charge in [-0.1, -0.05) is 0 Å². The Morgan fingerprint density at radius 2 is 0.593 bits per heavy atom. The van der Waals surface area contributed by atoms with Crippen LogP contribution in [0.2, 0.25) is 0 Å². The molecule has 0 saturated carbocycles. The third-order valence-corrected chi connectivity index (χ3v) is 2.61. The van der Waals surface area contributed by atoms with Gasteiger partial charge in [-0.15, -0.1) is 0 Å². The minimum atomic E-state index is -8.36. The Hall–Kier alpha value is -1.52. The quantitative estimate of drug-likeness (QED) is 0.336. The Morgan fingerprint density at radius 1 is 0.333 bits per heavy atom. The second-order valence-electron chi connectivity index (χ2n) is 4.47. The van der Waals surface area contributed by atoms with Crippen molar-refractivity contribution in [1.29, 1.82) is 0 Å². The molecule has 0 rings (SSSR count). The molecule has 0 heterocycles. The lowest BCUT2D eigenvalue weighted by atomic mass is 9.84. The van der Waals surface area contributed by atoms with Crippen LogP contribution in [-0.2, 0) is 0 Å². The van der Waals surface area contributed by atoms with E-state index in [0.717, 1.165) is 0 Å². The van der Waals surface area contributed by atoms with Crippen molar-refractivity contribution in [3.63, 3.8) is 0 Å². The molecule has 0 aliphatic rings. The molecule has 0 aromatic carbocycles. The molecule has 0 unspecified atom stereocenters. The topological polar surface area (TPSA) is 0 Å². The highest BCUT2D eigenvalue weighted by Crippen LogP contribution is 2.61. The third-order valence-electron chi connectivity index (χ3n) is 2.61. The van der Waals surface area contributed by atoms with Gasteiger partial charge in [-0.05, 0) is 0 Å². The van der Waals surface area contributed by atoms with Gasteiger partial charge in [-0.2, -0.15) is 74.6 Å². The molecule has 162 valence electrons. The van der Waals surface area contributed by atoms with Crippen LogP contribution in [0.25, 0.3) is 0 Å². The van der Waals surface area contributed by atoms with E-state index in [4.69, 9.17) is 0 Å². The molecule has 0 aromatic heterocycles. The highest BCUT2D eigenvalue weighted by Gasteiger charge is 2.84. The molecule has 0 aliphatic carbocycles. The molecule has 0 fully saturated rings. The predicted molar refractivity (Wildman–Crippen MR) is 46.1 cm³/mol. The first-order chi connectivity index (χ1) is 11.2. The lowest BCUT2D eigenvalue weighted by molar-refractivity contribution is -0.349. The lowest BCUT2D eigenvalue weighted by Gasteiger charge is -2.38. The van der Waals surface area contributed by atoms with Crippen LogP contribution < -0.4 is 0 Å². The van der Waals surface area contributed by atoms with Crippen molar-refractivity contribution in [2.45, 2.75) is 42.5 Å². The van der Waals surface area contributed by atoms with E-state index in [9.17, 15) is 79.0 Å². The maximum Gasteiger partial charge on any atom is 0.457 e. The van der Waals surface area contributed by atoms with Gasteiger partial charge in [0, 0.05) is 0 Å². The molecule has 0 atom stereocenters. The van der Waals surface area contributed by atoms with E-state index in [1.807, 2.05) is 0 Å². The number of rotatable bonds is 2. The maximum atomic E-state index is 13.5. The Labute approximate surface area is 134 Å². The van der Waals surface area contributed by atoms with Crippen LogP contribution in [0.4, 0.5) is 79.0 Å². The van der Waals surface area contributed by atoms with E-state index in [1.165, 1.54) is 0 Å². The highest BCUT2D eigenvalue weighted by atomic mass is 19.4. The van der Waals surface area contributed by atoms with E-state index in [1.54, 1.807) is 0 Å². The molecule has 0 N–H and O–H groups in total. The van der Waals surface area contributed by atoms with Gasteiger partial charge in [-0.3, -0.25) is 0 Å². The van der Waals surface area contributed by atoms with Crippen LogP contribution in [0.3, 0.4) is 0 Å². The fourth-order valence-corrected chi connectivity index (χ4v) is 1.58. The summed E-state index contributed by atoms with van der Waals surface area (Å²) in [7, 11) is 0. The number of allylic oxidation sites excluding steroid dienone is 2. The third kappa shape index (κ3) is 4.33. The summed E-state index contributed by atoms with van der Waals surface area (Å²) < 4.78 is 224. The molecule has 18 heteroatoms. The van der Waals surface area contributed by atoms with E-state index in [0.29, 0.717) is 0 Å². The first-order valence-corrected chi connectivity index (χ1v) is 5.40. The summed E-state index contributed by atoms with van der Waals surface area (Å²) in [6.07, 6.45) is -39.6. The Morgan fingerprint density at radius 3 is 0.741 bits per heavy atom. The van der Waals surface area contributed by atoms with Crippen molar-refractivity contribution in [2.24, 2.45) is 0 Å². The van der Waals surface area contributed by atoms with E-state index >= 15 is 0 Å². The van der Waals surface area contributed by atoms with Crippen LogP contribution in [0.5, 0.6) is 0 Å². The minimum absolute atomic E-state index is 5.64. The van der Waals surface area contributed by atoms with Crippen molar-refractivity contribution in [3.05, 3.63) is 11.1 Å². The van der Waals surface area contributed by atoms with Crippen molar-refractivity contribution in [1.82, 2.24) is 0 Å². The first-order valence-electron chi connectivity index (χ1n) is 5.40. The molecular formula is C9F18. The van der Waals surface area contributed by atoms with E-state index in [2.05, 4.69) is 0 Å². The molecular weight excluding hydrogens is 450 g/mol. The van der Waals surface area contributed by atoms with Crippen LogP contribution in [0.15, 0.2) is 11.1 Å². The Balaban J connectivity index is 7.91. The average molecular weight is 450 g/mol.